The van der Waals surface area contributed by atoms with E-state index >= 15 is 0 Å². The normalized spacial score (nSPS) is 10.9. The second kappa shape index (κ2) is 8.37. The van der Waals surface area contributed by atoms with Crippen LogP contribution in [0, 0.1) is 0 Å². The summed E-state index contributed by atoms with van der Waals surface area (Å²) in [6.45, 7) is 0. The smallest absolute Gasteiger partial charge is 0.224 e. The molecule has 30 heavy (non-hydrogen) atoms. The van der Waals surface area contributed by atoms with E-state index < -0.39 is 0 Å². The predicted octanol–water partition coefficient (Wildman–Crippen LogP) is 5.18. The molecule has 0 saturated carbocycles. The van der Waals surface area contributed by atoms with Gasteiger partial charge in [0, 0.05) is 22.9 Å². The Hall–Kier alpha value is -3.67. The van der Waals surface area contributed by atoms with Gasteiger partial charge in [0.05, 0.1) is 21.3 Å². The first-order valence-corrected chi connectivity index (χ1v) is 9.63. The average molecular weight is 405 g/mol. The number of anilines is 1. The summed E-state index contributed by atoms with van der Waals surface area (Å²) in [6.07, 6.45) is 0.863. The van der Waals surface area contributed by atoms with E-state index in [2.05, 4.69) is 5.32 Å². The van der Waals surface area contributed by atoms with E-state index in [-0.39, 0.29) is 5.91 Å². The number of hydrogen-bond acceptors (Lipinski definition) is 5. The topological polar surface area (TPSA) is 69.9 Å². The summed E-state index contributed by atoms with van der Waals surface area (Å²) in [7, 11) is 4.71. The molecule has 154 valence electrons. The Morgan fingerprint density at radius 2 is 1.57 bits per heavy atom. The molecule has 1 N–H and O–H groups in total. The van der Waals surface area contributed by atoms with Crippen LogP contribution >= 0.6 is 0 Å². The minimum absolute atomic E-state index is 0.0732. The van der Waals surface area contributed by atoms with Crippen molar-refractivity contribution in [3.63, 3.8) is 0 Å². The van der Waals surface area contributed by atoms with Crippen LogP contribution in [0.5, 0.6) is 17.2 Å². The van der Waals surface area contributed by atoms with Crippen LogP contribution in [0.3, 0.4) is 0 Å². The molecule has 0 aliphatic carbocycles. The maximum atomic E-state index is 12.5. The van der Waals surface area contributed by atoms with Crippen molar-refractivity contribution in [2.24, 2.45) is 0 Å². The summed E-state index contributed by atoms with van der Waals surface area (Å²) in [6, 6.07) is 17.3. The Kier molecular flexibility index (Phi) is 5.48. The minimum atomic E-state index is -0.0732. The van der Waals surface area contributed by atoms with Gasteiger partial charge < -0.3 is 23.9 Å². The number of carbonyl (C=O) groups excluding carboxylic acids is 1. The fraction of sp³-hybridized carbons (Fsp3) is 0.208. The first-order chi connectivity index (χ1) is 14.6. The summed E-state index contributed by atoms with van der Waals surface area (Å²) in [5.41, 5.74) is 3.30. The SMILES string of the molecule is COc1cc(CCC(=O)Nc2ccc3oc4ccccc4c3c2)cc(OC)c1OC. The Balaban J connectivity index is 1.48. The molecule has 6 nitrogen and oxygen atoms in total. The van der Waals surface area contributed by atoms with Crippen LogP contribution in [-0.2, 0) is 11.2 Å². The van der Waals surface area contributed by atoms with Crippen molar-refractivity contribution < 1.29 is 23.4 Å². The maximum absolute atomic E-state index is 12.5. The zero-order valence-electron chi connectivity index (χ0n) is 17.2. The number of carbonyl (C=O) groups is 1. The van der Waals surface area contributed by atoms with Crippen LogP contribution in [0.4, 0.5) is 5.69 Å². The number of para-hydroxylation sites is 1. The Labute approximate surface area is 174 Å². The fourth-order valence-electron chi connectivity index (χ4n) is 3.56. The number of rotatable bonds is 7. The largest absolute Gasteiger partial charge is 0.493 e. The van der Waals surface area contributed by atoms with Gasteiger partial charge in [-0.25, -0.2) is 0 Å². The summed E-state index contributed by atoms with van der Waals surface area (Å²) < 4.78 is 21.9. The van der Waals surface area contributed by atoms with E-state index in [1.54, 1.807) is 21.3 Å². The molecule has 4 aromatic rings. The van der Waals surface area contributed by atoms with Gasteiger partial charge >= 0.3 is 0 Å². The zero-order chi connectivity index (χ0) is 21.1. The van der Waals surface area contributed by atoms with Crippen molar-refractivity contribution in [3.8, 4) is 17.2 Å². The lowest BCUT2D eigenvalue weighted by atomic mass is 10.1. The van der Waals surface area contributed by atoms with Gasteiger partial charge in [0.15, 0.2) is 11.5 Å². The number of ether oxygens (including phenoxy) is 3. The summed E-state index contributed by atoms with van der Waals surface area (Å²) in [5.74, 6) is 1.61. The molecule has 0 radical (unpaired) electrons. The van der Waals surface area contributed by atoms with E-state index in [4.69, 9.17) is 18.6 Å². The highest BCUT2D eigenvalue weighted by Gasteiger charge is 2.14. The van der Waals surface area contributed by atoms with Crippen molar-refractivity contribution in [2.75, 3.05) is 26.6 Å². The standard InChI is InChI=1S/C24H23NO5/c1-27-21-12-15(13-22(28-2)24(21)29-3)8-11-23(26)25-16-9-10-20-18(14-16)17-6-4-5-7-19(17)30-20/h4-7,9-10,12-14H,8,11H2,1-3H3,(H,25,26). The first kappa shape index (κ1) is 19.6. The molecule has 1 heterocycles. The molecule has 0 aliphatic rings. The van der Waals surface area contributed by atoms with E-state index in [9.17, 15) is 4.79 Å². The van der Waals surface area contributed by atoms with Gasteiger partial charge in [-0.05, 0) is 48.4 Å². The van der Waals surface area contributed by atoms with E-state index in [0.29, 0.717) is 30.1 Å². The van der Waals surface area contributed by atoms with Crippen LogP contribution in [-0.4, -0.2) is 27.2 Å². The van der Waals surface area contributed by atoms with E-state index in [1.807, 2.05) is 54.6 Å². The number of benzene rings is 3. The molecule has 0 atom stereocenters. The van der Waals surface area contributed by atoms with Crippen molar-refractivity contribution >= 4 is 33.5 Å². The third kappa shape index (κ3) is 3.76. The lowest BCUT2D eigenvalue weighted by Gasteiger charge is -2.14. The predicted molar refractivity (Wildman–Crippen MR) is 117 cm³/mol. The minimum Gasteiger partial charge on any atom is -0.493 e. The first-order valence-electron chi connectivity index (χ1n) is 9.63. The molecular formula is C24H23NO5. The van der Waals surface area contributed by atoms with Crippen molar-refractivity contribution in [2.45, 2.75) is 12.8 Å². The quantitative estimate of drug-likeness (QED) is 0.459. The fourth-order valence-corrected chi connectivity index (χ4v) is 3.56. The molecule has 0 spiro atoms. The number of hydrogen-bond donors (Lipinski definition) is 1. The number of furan rings is 1. The monoisotopic (exact) mass is 405 g/mol. The number of amides is 1. The molecule has 0 unspecified atom stereocenters. The highest BCUT2D eigenvalue weighted by atomic mass is 16.5. The van der Waals surface area contributed by atoms with E-state index in [0.717, 1.165) is 33.2 Å². The third-order valence-electron chi connectivity index (χ3n) is 5.03. The average Bonchev–Trinajstić information content (AvgIpc) is 3.14. The maximum Gasteiger partial charge on any atom is 0.224 e. The molecule has 4 rings (SSSR count). The zero-order valence-corrected chi connectivity index (χ0v) is 17.2. The molecule has 1 amide bonds. The van der Waals surface area contributed by atoms with Gasteiger partial charge in [0.25, 0.3) is 0 Å². The second-order valence-corrected chi connectivity index (χ2v) is 6.89. The molecular weight excluding hydrogens is 382 g/mol. The molecule has 3 aromatic carbocycles. The molecule has 6 heteroatoms. The summed E-state index contributed by atoms with van der Waals surface area (Å²) in [5, 5.41) is 4.98. The Morgan fingerprint density at radius 3 is 2.27 bits per heavy atom. The van der Waals surface area contributed by atoms with Crippen LogP contribution in [0.25, 0.3) is 21.9 Å². The molecule has 0 bridgehead atoms. The number of methoxy groups -OCH3 is 3. The molecule has 0 saturated heterocycles. The van der Waals surface area contributed by atoms with Crippen LogP contribution < -0.4 is 19.5 Å². The van der Waals surface area contributed by atoms with Crippen molar-refractivity contribution in [1.29, 1.82) is 0 Å². The molecule has 0 fully saturated rings. The van der Waals surface area contributed by atoms with Crippen molar-refractivity contribution in [3.05, 3.63) is 60.2 Å². The molecule has 1 aromatic heterocycles. The van der Waals surface area contributed by atoms with Gasteiger partial charge in [0.1, 0.15) is 11.2 Å². The van der Waals surface area contributed by atoms with E-state index in [1.165, 1.54) is 0 Å². The number of aryl methyl sites for hydroxylation is 1. The Morgan fingerprint density at radius 1 is 0.867 bits per heavy atom. The summed E-state index contributed by atoms with van der Waals surface area (Å²) in [4.78, 5) is 12.5. The van der Waals surface area contributed by atoms with Crippen LogP contribution in [0.1, 0.15) is 12.0 Å². The second-order valence-electron chi connectivity index (χ2n) is 6.89. The summed E-state index contributed by atoms with van der Waals surface area (Å²) >= 11 is 0. The lowest BCUT2D eigenvalue weighted by molar-refractivity contribution is -0.116. The van der Waals surface area contributed by atoms with Gasteiger partial charge in [-0.1, -0.05) is 18.2 Å². The van der Waals surface area contributed by atoms with Gasteiger partial charge in [-0.3, -0.25) is 4.79 Å². The van der Waals surface area contributed by atoms with Gasteiger partial charge in [-0.2, -0.15) is 0 Å². The van der Waals surface area contributed by atoms with Gasteiger partial charge in [-0.15, -0.1) is 0 Å². The van der Waals surface area contributed by atoms with Crippen LogP contribution in [0.2, 0.25) is 0 Å². The highest BCUT2D eigenvalue weighted by molar-refractivity contribution is 6.06. The van der Waals surface area contributed by atoms with Crippen LogP contribution in [0.15, 0.2) is 59.0 Å². The number of nitrogens with one attached hydrogen (secondary N) is 1. The highest BCUT2D eigenvalue weighted by Crippen LogP contribution is 2.38. The van der Waals surface area contributed by atoms with Gasteiger partial charge in [0.2, 0.25) is 11.7 Å². The third-order valence-corrected chi connectivity index (χ3v) is 5.03. The van der Waals surface area contributed by atoms with Crippen molar-refractivity contribution in [1.82, 2.24) is 0 Å². The lowest BCUT2D eigenvalue weighted by Crippen LogP contribution is -2.12. The Bertz CT molecular complexity index is 1190. The molecule has 0 aliphatic heterocycles. The number of fused-ring (bicyclic) bond motifs is 3.